The van der Waals surface area contributed by atoms with Crippen LogP contribution >= 0.6 is 0 Å². The number of hydrogen-bond acceptors (Lipinski definition) is 4. The number of nitrogens with zero attached hydrogens (tertiary/aromatic N) is 3. The van der Waals surface area contributed by atoms with Gasteiger partial charge in [0.05, 0.1) is 5.56 Å². The Morgan fingerprint density at radius 2 is 2.10 bits per heavy atom. The zero-order valence-electron chi connectivity index (χ0n) is 11.2. The third kappa shape index (κ3) is 2.69. The van der Waals surface area contributed by atoms with Crippen molar-refractivity contribution in [3.05, 3.63) is 53.5 Å². The Morgan fingerprint density at radius 3 is 2.75 bits per heavy atom. The number of halogens is 1. The van der Waals surface area contributed by atoms with E-state index in [2.05, 4.69) is 10.1 Å². The summed E-state index contributed by atoms with van der Waals surface area (Å²) >= 11 is 0. The number of benzene rings is 1. The van der Waals surface area contributed by atoms with Gasteiger partial charge in [0, 0.05) is 18.4 Å². The van der Waals surface area contributed by atoms with Crippen LogP contribution in [0.25, 0.3) is 0 Å². The van der Waals surface area contributed by atoms with Crippen LogP contribution < -0.4 is 10.6 Å². The highest BCUT2D eigenvalue weighted by atomic mass is 19.1. The van der Waals surface area contributed by atoms with E-state index in [1.807, 2.05) is 6.92 Å². The Labute approximate surface area is 116 Å². The van der Waals surface area contributed by atoms with E-state index in [-0.39, 0.29) is 11.7 Å². The molecule has 2 rings (SSSR count). The molecule has 104 valence electrons. The molecule has 0 spiro atoms. The van der Waals surface area contributed by atoms with Gasteiger partial charge in [-0.2, -0.15) is 0 Å². The quantitative estimate of drug-likeness (QED) is 0.390. The summed E-state index contributed by atoms with van der Waals surface area (Å²) in [5.74, 6) is 0.106. The van der Waals surface area contributed by atoms with Gasteiger partial charge in [-0.1, -0.05) is 11.2 Å². The molecule has 2 aromatic rings. The van der Waals surface area contributed by atoms with Crippen LogP contribution in [0.2, 0.25) is 0 Å². The van der Waals surface area contributed by atoms with E-state index in [9.17, 15) is 4.39 Å². The van der Waals surface area contributed by atoms with Gasteiger partial charge in [0.2, 0.25) is 0 Å². The largest absolute Gasteiger partial charge is 0.409 e. The fourth-order valence-corrected chi connectivity index (χ4v) is 1.86. The maximum atomic E-state index is 13.3. The van der Waals surface area contributed by atoms with Crippen LogP contribution in [-0.4, -0.2) is 23.1 Å². The molecule has 0 bridgehead atoms. The molecule has 0 saturated carbocycles. The van der Waals surface area contributed by atoms with Crippen LogP contribution in [0.15, 0.2) is 41.6 Å². The fourth-order valence-electron chi connectivity index (χ4n) is 1.86. The van der Waals surface area contributed by atoms with Crippen LogP contribution in [0.3, 0.4) is 0 Å². The highest BCUT2D eigenvalue weighted by molar-refractivity contribution is 6.02. The van der Waals surface area contributed by atoms with Crippen LogP contribution in [0.4, 0.5) is 15.9 Å². The lowest BCUT2D eigenvalue weighted by Crippen LogP contribution is -2.21. The van der Waals surface area contributed by atoms with E-state index in [0.29, 0.717) is 17.1 Å². The van der Waals surface area contributed by atoms with E-state index in [1.54, 1.807) is 36.2 Å². The number of rotatable bonds is 3. The minimum absolute atomic E-state index is 0.0456. The number of pyridine rings is 1. The molecule has 0 aliphatic rings. The fraction of sp³-hybridized carbons (Fsp3) is 0.143. The Balaban J connectivity index is 2.53. The summed E-state index contributed by atoms with van der Waals surface area (Å²) in [4.78, 5) is 6.06. The maximum Gasteiger partial charge on any atom is 0.173 e. The SMILES string of the molecule is Cc1ccc(C(N)=NO)c(N(C)c2cccc(F)c2)n1. The number of hydrogen-bond donors (Lipinski definition) is 2. The van der Waals surface area contributed by atoms with Gasteiger partial charge in [0.1, 0.15) is 11.6 Å². The second kappa shape index (κ2) is 5.56. The van der Waals surface area contributed by atoms with Gasteiger partial charge >= 0.3 is 0 Å². The van der Waals surface area contributed by atoms with E-state index in [1.165, 1.54) is 12.1 Å². The average Bonchev–Trinajstić information content (AvgIpc) is 2.45. The van der Waals surface area contributed by atoms with E-state index >= 15 is 0 Å². The highest BCUT2D eigenvalue weighted by Crippen LogP contribution is 2.25. The van der Waals surface area contributed by atoms with E-state index < -0.39 is 0 Å². The second-order valence-corrected chi connectivity index (χ2v) is 4.35. The first kappa shape index (κ1) is 13.8. The molecule has 0 fully saturated rings. The molecule has 0 unspecified atom stereocenters. The number of amidine groups is 1. The summed E-state index contributed by atoms with van der Waals surface area (Å²) in [6.07, 6.45) is 0. The molecule has 1 heterocycles. The predicted molar refractivity (Wildman–Crippen MR) is 75.9 cm³/mol. The monoisotopic (exact) mass is 274 g/mol. The predicted octanol–water partition coefficient (Wildman–Crippen LogP) is 2.39. The lowest BCUT2D eigenvalue weighted by atomic mass is 10.2. The maximum absolute atomic E-state index is 13.3. The lowest BCUT2D eigenvalue weighted by Gasteiger charge is -2.21. The number of aromatic nitrogens is 1. The topological polar surface area (TPSA) is 74.7 Å². The minimum Gasteiger partial charge on any atom is -0.409 e. The summed E-state index contributed by atoms with van der Waals surface area (Å²) in [6, 6.07) is 9.59. The van der Waals surface area contributed by atoms with Gasteiger partial charge in [-0.25, -0.2) is 9.37 Å². The molecule has 0 saturated heterocycles. The first-order valence-electron chi connectivity index (χ1n) is 5.97. The molecule has 0 amide bonds. The molecule has 0 atom stereocenters. The third-order valence-corrected chi connectivity index (χ3v) is 2.91. The van der Waals surface area contributed by atoms with E-state index in [4.69, 9.17) is 10.9 Å². The Bertz CT molecular complexity index is 657. The van der Waals surface area contributed by atoms with Crippen molar-refractivity contribution < 1.29 is 9.60 Å². The molecule has 0 aliphatic carbocycles. The second-order valence-electron chi connectivity index (χ2n) is 4.35. The molecule has 0 aliphatic heterocycles. The van der Waals surface area contributed by atoms with Gasteiger partial charge in [0.15, 0.2) is 5.84 Å². The summed E-state index contributed by atoms with van der Waals surface area (Å²) < 4.78 is 13.3. The Kier molecular flexibility index (Phi) is 3.84. The average molecular weight is 274 g/mol. The summed E-state index contributed by atoms with van der Waals surface area (Å²) in [7, 11) is 1.74. The molecule has 6 heteroatoms. The van der Waals surface area contributed by atoms with Crippen LogP contribution in [-0.2, 0) is 0 Å². The van der Waals surface area contributed by atoms with Crippen molar-refractivity contribution in [2.75, 3.05) is 11.9 Å². The van der Waals surface area contributed by atoms with Crippen molar-refractivity contribution in [2.24, 2.45) is 10.9 Å². The Hall–Kier alpha value is -2.63. The molecule has 5 nitrogen and oxygen atoms in total. The van der Waals surface area contributed by atoms with Crippen LogP contribution in [0.5, 0.6) is 0 Å². The van der Waals surface area contributed by atoms with Gasteiger partial charge in [-0.15, -0.1) is 0 Å². The molecule has 20 heavy (non-hydrogen) atoms. The van der Waals surface area contributed by atoms with Crippen LogP contribution in [0.1, 0.15) is 11.3 Å². The Morgan fingerprint density at radius 1 is 1.35 bits per heavy atom. The molecule has 1 aromatic carbocycles. The van der Waals surface area contributed by atoms with Crippen molar-refractivity contribution in [3.63, 3.8) is 0 Å². The number of nitrogens with two attached hydrogens (primary N) is 1. The van der Waals surface area contributed by atoms with Crippen LogP contribution in [0, 0.1) is 12.7 Å². The van der Waals surface area contributed by atoms with Gasteiger partial charge < -0.3 is 15.8 Å². The van der Waals surface area contributed by atoms with Crippen molar-refractivity contribution in [3.8, 4) is 0 Å². The van der Waals surface area contributed by atoms with Crippen molar-refractivity contribution >= 4 is 17.3 Å². The zero-order chi connectivity index (χ0) is 14.7. The molecular formula is C14H15FN4O. The summed E-state index contributed by atoms with van der Waals surface area (Å²) in [6.45, 7) is 1.83. The standard InChI is InChI=1S/C14H15FN4O/c1-9-6-7-12(13(16)18-20)14(17-9)19(2)11-5-3-4-10(15)8-11/h3-8,20H,1-2H3,(H2,16,18). The first-order chi connectivity index (χ1) is 9.52. The molecule has 3 N–H and O–H groups in total. The van der Waals surface area contributed by atoms with Crippen molar-refractivity contribution in [1.82, 2.24) is 4.98 Å². The van der Waals surface area contributed by atoms with Gasteiger partial charge in [-0.3, -0.25) is 0 Å². The molecule has 0 radical (unpaired) electrons. The van der Waals surface area contributed by atoms with Crippen molar-refractivity contribution in [1.29, 1.82) is 0 Å². The highest BCUT2D eigenvalue weighted by Gasteiger charge is 2.15. The summed E-state index contributed by atoms with van der Waals surface area (Å²) in [5.41, 5.74) is 7.52. The van der Waals surface area contributed by atoms with Gasteiger partial charge in [0.25, 0.3) is 0 Å². The van der Waals surface area contributed by atoms with E-state index in [0.717, 1.165) is 5.69 Å². The number of oxime groups is 1. The molecule has 1 aromatic heterocycles. The third-order valence-electron chi connectivity index (χ3n) is 2.91. The number of aryl methyl sites for hydroxylation is 1. The molecular weight excluding hydrogens is 259 g/mol. The first-order valence-corrected chi connectivity index (χ1v) is 5.97. The smallest absolute Gasteiger partial charge is 0.173 e. The lowest BCUT2D eigenvalue weighted by molar-refractivity contribution is 0.318. The van der Waals surface area contributed by atoms with Gasteiger partial charge in [-0.05, 0) is 37.3 Å². The zero-order valence-corrected chi connectivity index (χ0v) is 11.2. The number of anilines is 2. The summed E-state index contributed by atoms with van der Waals surface area (Å²) in [5, 5.41) is 11.8. The minimum atomic E-state index is -0.340. The normalized spacial score (nSPS) is 11.4. The van der Waals surface area contributed by atoms with Crippen molar-refractivity contribution in [2.45, 2.75) is 6.92 Å².